The Morgan fingerprint density at radius 1 is 1.08 bits per heavy atom. The van der Waals surface area contributed by atoms with Gasteiger partial charge in [-0.2, -0.15) is 0 Å². The lowest BCUT2D eigenvalue weighted by atomic mass is 10.1. The molecule has 0 bridgehead atoms. The van der Waals surface area contributed by atoms with Crippen molar-refractivity contribution in [3.63, 3.8) is 0 Å². The maximum Gasteiger partial charge on any atom is 0.241 e. The highest BCUT2D eigenvalue weighted by Crippen LogP contribution is 2.24. The first-order chi connectivity index (χ1) is 11.3. The molecule has 0 atom stereocenters. The van der Waals surface area contributed by atoms with E-state index in [1.54, 1.807) is 6.07 Å². The normalized spacial score (nSPS) is 11.3. The van der Waals surface area contributed by atoms with Gasteiger partial charge in [0.2, 0.25) is 15.9 Å². The molecule has 24 heavy (non-hydrogen) atoms. The van der Waals surface area contributed by atoms with E-state index < -0.39 is 15.9 Å². The van der Waals surface area contributed by atoms with Crippen LogP contribution in [0.3, 0.4) is 0 Å². The summed E-state index contributed by atoms with van der Waals surface area (Å²) in [5, 5.41) is 3.03. The van der Waals surface area contributed by atoms with Gasteiger partial charge in [0.05, 0.1) is 21.5 Å². The summed E-state index contributed by atoms with van der Waals surface area (Å²) >= 11 is 11.6. The third-order valence-corrected chi connectivity index (χ3v) is 5.38. The van der Waals surface area contributed by atoms with Crippen LogP contribution in [0.25, 0.3) is 0 Å². The van der Waals surface area contributed by atoms with Gasteiger partial charge in [0, 0.05) is 5.69 Å². The number of nitrogens with one attached hydrogen (secondary N) is 2. The van der Waals surface area contributed by atoms with E-state index in [1.165, 1.54) is 18.2 Å². The highest BCUT2D eigenvalue weighted by molar-refractivity contribution is 7.89. The maximum atomic E-state index is 12.2. The van der Waals surface area contributed by atoms with Crippen LogP contribution in [0.4, 0.5) is 5.69 Å². The summed E-state index contributed by atoms with van der Waals surface area (Å²) in [6.45, 7) is 1.62. The molecule has 0 radical (unpaired) electrons. The molecule has 0 unspecified atom stereocenters. The van der Waals surface area contributed by atoms with E-state index in [9.17, 15) is 13.2 Å². The fraction of sp³-hybridized carbons (Fsp3) is 0.188. The van der Waals surface area contributed by atoms with Gasteiger partial charge in [0.15, 0.2) is 0 Å². The summed E-state index contributed by atoms with van der Waals surface area (Å²) in [5.41, 5.74) is 1.69. The second kappa shape index (κ2) is 7.98. The number of hydrogen-bond acceptors (Lipinski definition) is 3. The Labute approximate surface area is 151 Å². The van der Waals surface area contributed by atoms with Gasteiger partial charge in [-0.25, -0.2) is 13.1 Å². The van der Waals surface area contributed by atoms with Crippen LogP contribution in [0.2, 0.25) is 10.0 Å². The van der Waals surface area contributed by atoms with Crippen molar-refractivity contribution in [3.8, 4) is 0 Å². The number of anilines is 1. The van der Waals surface area contributed by atoms with Crippen LogP contribution in [0, 0.1) is 0 Å². The highest BCUT2D eigenvalue weighted by Gasteiger charge is 2.17. The van der Waals surface area contributed by atoms with Crippen molar-refractivity contribution >= 4 is 44.8 Å². The van der Waals surface area contributed by atoms with Crippen LogP contribution in [0.15, 0.2) is 47.4 Å². The number of carbonyl (C=O) groups is 1. The predicted molar refractivity (Wildman–Crippen MR) is 96.1 cm³/mol. The molecular formula is C16H16Cl2N2O3S. The first-order valence-corrected chi connectivity index (χ1v) is 9.39. The number of benzene rings is 2. The van der Waals surface area contributed by atoms with Gasteiger partial charge in [-0.15, -0.1) is 0 Å². The second-order valence-electron chi connectivity index (χ2n) is 5.00. The Balaban J connectivity index is 2.00. The number of rotatable bonds is 6. The average Bonchev–Trinajstić information content (AvgIpc) is 2.55. The number of sulfonamides is 1. The Morgan fingerprint density at radius 2 is 1.83 bits per heavy atom. The molecule has 0 saturated carbocycles. The molecule has 2 aromatic rings. The summed E-state index contributed by atoms with van der Waals surface area (Å²) in [6, 6.07) is 11.3. The zero-order valence-corrected chi connectivity index (χ0v) is 15.2. The fourth-order valence-electron chi connectivity index (χ4n) is 1.96. The third kappa shape index (κ3) is 4.95. The van der Waals surface area contributed by atoms with Crippen LogP contribution in [-0.4, -0.2) is 20.9 Å². The predicted octanol–water partition coefficient (Wildman–Crippen LogP) is 3.47. The van der Waals surface area contributed by atoms with Crippen molar-refractivity contribution < 1.29 is 13.2 Å². The minimum atomic E-state index is -3.85. The molecule has 128 valence electrons. The molecule has 1 amide bonds. The Bertz CT molecular complexity index is 854. The molecule has 8 heteroatoms. The molecule has 0 heterocycles. The quantitative estimate of drug-likeness (QED) is 0.797. The van der Waals surface area contributed by atoms with Crippen LogP contribution < -0.4 is 10.0 Å². The molecule has 0 aliphatic carbocycles. The van der Waals surface area contributed by atoms with E-state index in [0.29, 0.717) is 5.69 Å². The monoisotopic (exact) mass is 386 g/mol. The molecule has 2 N–H and O–H groups in total. The lowest BCUT2D eigenvalue weighted by Crippen LogP contribution is -2.32. The van der Waals surface area contributed by atoms with Crippen LogP contribution in [-0.2, 0) is 21.2 Å². The molecule has 0 spiro atoms. The SMILES string of the molecule is CCc1cccc(NC(=O)CNS(=O)(=O)c2ccc(Cl)c(Cl)c2)c1. The largest absolute Gasteiger partial charge is 0.325 e. The van der Waals surface area contributed by atoms with Gasteiger partial charge in [-0.3, -0.25) is 4.79 Å². The minimum Gasteiger partial charge on any atom is -0.325 e. The minimum absolute atomic E-state index is 0.0577. The number of aryl methyl sites for hydroxylation is 1. The topological polar surface area (TPSA) is 75.3 Å². The number of carbonyl (C=O) groups excluding carboxylic acids is 1. The van der Waals surface area contributed by atoms with Crippen molar-refractivity contribution in [2.75, 3.05) is 11.9 Å². The molecule has 0 aliphatic rings. The van der Waals surface area contributed by atoms with E-state index in [0.717, 1.165) is 12.0 Å². The van der Waals surface area contributed by atoms with E-state index >= 15 is 0 Å². The first kappa shape index (κ1) is 18.7. The number of halogens is 2. The number of amides is 1. The molecule has 0 saturated heterocycles. The zero-order valence-electron chi connectivity index (χ0n) is 12.8. The number of hydrogen-bond donors (Lipinski definition) is 2. The summed E-state index contributed by atoms with van der Waals surface area (Å²) in [6.07, 6.45) is 0.841. The zero-order chi connectivity index (χ0) is 17.7. The van der Waals surface area contributed by atoms with Crippen molar-refractivity contribution in [1.82, 2.24) is 4.72 Å². The first-order valence-electron chi connectivity index (χ1n) is 7.15. The van der Waals surface area contributed by atoms with Gasteiger partial charge in [-0.05, 0) is 42.3 Å². The van der Waals surface area contributed by atoms with E-state index in [4.69, 9.17) is 23.2 Å². The van der Waals surface area contributed by atoms with Crippen molar-refractivity contribution in [2.24, 2.45) is 0 Å². The summed E-state index contributed by atoms with van der Waals surface area (Å²) in [5.74, 6) is -0.466. The van der Waals surface area contributed by atoms with Crippen molar-refractivity contribution in [2.45, 2.75) is 18.2 Å². The summed E-state index contributed by atoms with van der Waals surface area (Å²) < 4.78 is 26.5. The fourth-order valence-corrected chi connectivity index (χ4v) is 3.33. The molecular weight excluding hydrogens is 371 g/mol. The van der Waals surface area contributed by atoms with E-state index in [2.05, 4.69) is 10.0 Å². The molecule has 0 aromatic heterocycles. The molecule has 5 nitrogen and oxygen atoms in total. The maximum absolute atomic E-state index is 12.2. The molecule has 0 fully saturated rings. The average molecular weight is 387 g/mol. The summed E-state index contributed by atoms with van der Waals surface area (Å²) in [7, 11) is -3.85. The van der Waals surface area contributed by atoms with Gasteiger partial charge >= 0.3 is 0 Å². The lowest BCUT2D eigenvalue weighted by molar-refractivity contribution is -0.115. The molecule has 2 rings (SSSR count). The van der Waals surface area contributed by atoms with Crippen LogP contribution in [0.5, 0.6) is 0 Å². The summed E-state index contributed by atoms with van der Waals surface area (Å²) in [4.78, 5) is 11.9. The van der Waals surface area contributed by atoms with Gasteiger partial charge < -0.3 is 5.32 Å². The van der Waals surface area contributed by atoms with Gasteiger partial charge in [0.25, 0.3) is 0 Å². The second-order valence-corrected chi connectivity index (χ2v) is 7.58. The Hall–Kier alpha value is -1.60. The smallest absolute Gasteiger partial charge is 0.241 e. The van der Waals surface area contributed by atoms with Gasteiger partial charge in [-0.1, -0.05) is 42.3 Å². The lowest BCUT2D eigenvalue weighted by Gasteiger charge is -2.09. The van der Waals surface area contributed by atoms with Crippen LogP contribution >= 0.6 is 23.2 Å². The third-order valence-electron chi connectivity index (χ3n) is 3.24. The molecule has 2 aromatic carbocycles. The van der Waals surface area contributed by atoms with Crippen molar-refractivity contribution in [3.05, 3.63) is 58.1 Å². The highest BCUT2D eigenvalue weighted by atomic mass is 35.5. The van der Waals surface area contributed by atoms with E-state index in [-0.39, 0.29) is 21.5 Å². The van der Waals surface area contributed by atoms with Crippen LogP contribution in [0.1, 0.15) is 12.5 Å². The van der Waals surface area contributed by atoms with Gasteiger partial charge in [0.1, 0.15) is 0 Å². The Kier molecular flexibility index (Phi) is 6.23. The van der Waals surface area contributed by atoms with E-state index in [1.807, 2.05) is 25.1 Å². The molecule has 0 aliphatic heterocycles. The van der Waals surface area contributed by atoms with Crippen molar-refractivity contribution in [1.29, 1.82) is 0 Å². The Morgan fingerprint density at radius 3 is 2.50 bits per heavy atom. The standard InChI is InChI=1S/C16H16Cl2N2O3S/c1-2-11-4-3-5-12(8-11)20-16(21)10-19-24(22,23)13-6-7-14(17)15(18)9-13/h3-9,19H,2,10H2,1H3,(H,20,21).